The second-order valence-electron chi connectivity index (χ2n) is 4.96. The quantitative estimate of drug-likeness (QED) is 0.738. The van der Waals surface area contributed by atoms with Gasteiger partial charge >= 0.3 is 0 Å². The predicted molar refractivity (Wildman–Crippen MR) is 88.6 cm³/mol. The van der Waals surface area contributed by atoms with Crippen LogP contribution in [0.3, 0.4) is 0 Å². The molecule has 0 bridgehead atoms. The first-order valence-electron chi connectivity index (χ1n) is 7.34. The van der Waals surface area contributed by atoms with Crippen molar-refractivity contribution < 1.29 is 23.1 Å². The van der Waals surface area contributed by atoms with Gasteiger partial charge in [0.15, 0.2) is 0 Å². The maximum Gasteiger partial charge on any atom is 0.254 e. The molecule has 0 saturated carbocycles. The first-order valence-corrected chi connectivity index (χ1v) is 7.72. The third kappa shape index (κ3) is 6.04. The third-order valence-electron chi connectivity index (χ3n) is 3.09. The van der Waals surface area contributed by atoms with Crippen LogP contribution in [0.1, 0.15) is 10.4 Å². The number of nitrogens with one attached hydrogen (secondary N) is 2. The van der Waals surface area contributed by atoms with Crippen LogP contribution in [0.4, 0.5) is 8.78 Å². The molecule has 8 heteroatoms. The molecule has 0 aromatic heterocycles. The molecular formula is C17H15ClF2N2O3. The van der Waals surface area contributed by atoms with Crippen molar-refractivity contribution in [3.8, 4) is 5.75 Å². The number of halogens is 3. The van der Waals surface area contributed by atoms with Gasteiger partial charge in [-0.3, -0.25) is 9.59 Å². The zero-order valence-corrected chi connectivity index (χ0v) is 13.8. The second kappa shape index (κ2) is 8.98. The molecule has 0 fully saturated rings. The lowest BCUT2D eigenvalue weighted by Gasteiger charge is -2.09. The fourth-order valence-electron chi connectivity index (χ4n) is 1.88. The molecule has 0 radical (unpaired) electrons. The van der Waals surface area contributed by atoms with Crippen molar-refractivity contribution in [1.82, 2.24) is 10.6 Å². The maximum absolute atomic E-state index is 13.4. The molecule has 2 rings (SSSR count). The molecule has 0 aliphatic carbocycles. The van der Waals surface area contributed by atoms with Gasteiger partial charge in [-0.25, -0.2) is 8.78 Å². The SMILES string of the molecule is O=C(CNC(=O)c1ccc(F)cc1F)NCCOc1ccc(Cl)cc1. The number of ether oxygens (including phenoxy) is 1. The smallest absolute Gasteiger partial charge is 0.254 e. The average molecular weight is 369 g/mol. The maximum atomic E-state index is 13.4. The fourth-order valence-corrected chi connectivity index (χ4v) is 2.01. The van der Waals surface area contributed by atoms with E-state index in [1.807, 2.05) is 0 Å². The number of hydrogen-bond donors (Lipinski definition) is 2. The Kier molecular flexibility index (Phi) is 6.71. The molecule has 0 aliphatic rings. The van der Waals surface area contributed by atoms with E-state index in [0.29, 0.717) is 16.8 Å². The van der Waals surface area contributed by atoms with E-state index < -0.39 is 23.4 Å². The van der Waals surface area contributed by atoms with Gasteiger partial charge in [0, 0.05) is 11.1 Å². The van der Waals surface area contributed by atoms with E-state index in [0.717, 1.165) is 12.1 Å². The molecule has 0 heterocycles. The van der Waals surface area contributed by atoms with Crippen LogP contribution in [0, 0.1) is 11.6 Å². The minimum atomic E-state index is -0.991. The average Bonchev–Trinajstić information content (AvgIpc) is 2.58. The summed E-state index contributed by atoms with van der Waals surface area (Å²) >= 11 is 5.75. The summed E-state index contributed by atoms with van der Waals surface area (Å²) in [5.74, 6) is -2.43. The van der Waals surface area contributed by atoms with Gasteiger partial charge in [-0.2, -0.15) is 0 Å². The number of benzene rings is 2. The summed E-state index contributed by atoms with van der Waals surface area (Å²) in [5, 5.41) is 5.38. The summed E-state index contributed by atoms with van der Waals surface area (Å²) < 4.78 is 31.6. The number of rotatable bonds is 7. The van der Waals surface area contributed by atoms with Gasteiger partial charge in [-0.1, -0.05) is 11.6 Å². The van der Waals surface area contributed by atoms with Crippen molar-refractivity contribution in [2.45, 2.75) is 0 Å². The Labute approximate surface area is 147 Å². The number of carbonyl (C=O) groups excluding carboxylic acids is 2. The Balaban J connectivity index is 1.68. The highest BCUT2D eigenvalue weighted by Gasteiger charge is 2.13. The van der Waals surface area contributed by atoms with Crippen LogP contribution in [0.2, 0.25) is 5.02 Å². The molecule has 2 aromatic rings. The third-order valence-corrected chi connectivity index (χ3v) is 3.34. The minimum Gasteiger partial charge on any atom is -0.492 e. The van der Waals surface area contributed by atoms with Gasteiger partial charge in [0.2, 0.25) is 5.91 Å². The molecule has 25 heavy (non-hydrogen) atoms. The minimum absolute atomic E-state index is 0.224. The Morgan fingerprint density at radius 1 is 1.04 bits per heavy atom. The number of amides is 2. The van der Waals surface area contributed by atoms with Gasteiger partial charge in [0.25, 0.3) is 5.91 Å². The van der Waals surface area contributed by atoms with Crippen LogP contribution in [-0.4, -0.2) is 31.5 Å². The van der Waals surface area contributed by atoms with Crippen molar-refractivity contribution in [3.05, 3.63) is 64.7 Å². The van der Waals surface area contributed by atoms with Crippen molar-refractivity contribution in [1.29, 1.82) is 0 Å². The summed E-state index contributed by atoms with van der Waals surface area (Å²) in [4.78, 5) is 23.4. The van der Waals surface area contributed by atoms with E-state index in [1.165, 1.54) is 0 Å². The summed E-state index contributed by atoms with van der Waals surface area (Å²) in [6, 6.07) is 9.33. The van der Waals surface area contributed by atoms with E-state index in [1.54, 1.807) is 24.3 Å². The zero-order valence-electron chi connectivity index (χ0n) is 13.0. The number of carbonyl (C=O) groups is 2. The van der Waals surface area contributed by atoms with Crippen molar-refractivity contribution in [2.75, 3.05) is 19.7 Å². The highest BCUT2D eigenvalue weighted by molar-refractivity contribution is 6.30. The molecule has 0 unspecified atom stereocenters. The highest BCUT2D eigenvalue weighted by Crippen LogP contribution is 2.15. The zero-order chi connectivity index (χ0) is 18.2. The van der Waals surface area contributed by atoms with Crippen molar-refractivity contribution in [3.63, 3.8) is 0 Å². The molecule has 132 valence electrons. The largest absolute Gasteiger partial charge is 0.492 e. The van der Waals surface area contributed by atoms with Crippen LogP contribution >= 0.6 is 11.6 Å². The lowest BCUT2D eigenvalue weighted by molar-refractivity contribution is -0.120. The molecule has 2 N–H and O–H groups in total. The van der Waals surface area contributed by atoms with Crippen molar-refractivity contribution >= 4 is 23.4 Å². The first kappa shape index (κ1) is 18.7. The molecule has 2 aromatic carbocycles. The van der Waals surface area contributed by atoms with Crippen molar-refractivity contribution in [2.24, 2.45) is 0 Å². The molecule has 0 aliphatic heterocycles. The molecule has 5 nitrogen and oxygen atoms in total. The topological polar surface area (TPSA) is 67.4 Å². The summed E-state index contributed by atoms with van der Waals surface area (Å²) in [6.07, 6.45) is 0. The van der Waals surface area contributed by atoms with Crippen LogP contribution < -0.4 is 15.4 Å². The molecule has 0 atom stereocenters. The predicted octanol–water partition coefficient (Wildman–Crippen LogP) is 2.54. The Bertz CT molecular complexity index is 754. The van der Waals surface area contributed by atoms with E-state index in [-0.39, 0.29) is 25.3 Å². The molecule has 2 amide bonds. The van der Waals surface area contributed by atoms with E-state index in [2.05, 4.69) is 10.6 Å². The van der Waals surface area contributed by atoms with Crippen LogP contribution in [0.15, 0.2) is 42.5 Å². The lowest BCUT2D eigenvalue weighted by Crippen LogP contribution is -2.38. The molecule has 0 spiro atoms. The fraction of sp³-hybridized carbons (Fsp3) is 0.176. The summed E-state index contributed by atoms with van der Waals surface area (Å²) in [7, 11) is 0. The van der Waals surface area contributed by atoms with Gasteiger partial charge in [0.1, 0.15) is 24.0 Å². The van der Waals surface area contributed by atoms with Crippen LogP contribution in [-0.2, 0) is 4.79 Å². The van der Waals surface area contributed by atoms with Gasteiger partial charge in [0.05, 0.1) is 18.7 Å². The highest BCUT2D eigenvalue weighted by atomic mass is 35.5. The standard InChI is InChI=1S/C17H15ClF2N2O3/c18-11-1-4-13(5-2-11)25-8-7-21-16(23)10-22-17(24)14-6-3-12(19)9-15(14)20/h1-6,9H,7-8,10H2,(H,21,23)(H,22,24). The lowest BCUT2D eigenvalue weighted by atomic mass is 10.2. The van der Waals surface area contributed by atoms with Crippen LogP contribution in [0.25, 0.3) is 0 Å². The van der Waals surface area contributed by atoms with E-state index in [9.17, 15) is 18.4 Å². The first-order chi connectivity index (χ1) is 12.0. The van der Waals surface area contributed by atoms with Gasteiger partial charge in [-0.05, 0) is 36.4 Å². The summed E-state index contributed by atoms with van der Waals surface area (Å²) in [5.41, 5.74) is -0.333. The molecular weight excluding hydrogens is 354 g/mol. The Hall–Kier alpha value is -2.67. The van der Waals surface area contributed by atoms with Crippen LogP contribution in [0.5, 0.6) is 5.75 Å². The number of hydrogen-bond acceptors (Lipinski definition) is 3. The van der Waals surface area contributed by atoms with Gasteiger partial charge < -0.3 is 15.4 Å². The second-order valence-corrected chi connectivity index (χ2v) is 5.40. The van der Waals surface area contributed by atoms with E-state index >= 15 is 0 Å². The normalized spacial score (nSPS) is 10.2. The monoisotopic (exact) mass is 368 g/mol. The Morgan fingerprint density at radius 2 is 1.76 bits per heavy atom. The molecule has 0 saturated heterocycles. The Morgan fingerprint density at radius 3 is 2.44 bits per heavy atom. The summed E-state index contributed by atoms with van der Waals surface area (Å²) in [6.45, 7) is 0.118. The van der Waals surface area contributed by atoms with Gasteiger partial charge in [-0.15, -0.1) is 0 Å². The van der Waals surface area contributed by atoms with E-state index in [4.69, 9.17) is 16.3 Å².